The molecule has 2 rings (SSSR count). The van der Waals surface area contributed by atoms with Gasteiger partial charge >= 0.3 is 6.18 Å². The highest BCUT2D eigenvalue weighted by atomic mass is 19.4. The normalized spacial score (nSPS) is 12.2. The Kier molecular flexibility index (Phi) is 1.48. The van der Waals surface area contributed by atoms with E-state index in [9.17, 15) is 13.2 Å². The van der Waals surface area contributed by atoms with Crippen LogP contribution in [0.2, 0.25) is 0 Å². The van der Waals surface area contributed by atoms with Gasteiger partial charge in [-0.1, -0.05) is 0 Å². The molecular weight excluding hydrogens is 185 g/mol. The third-order valence-electron chi connectivity index (χ3n) is 1.46. The van der Waals surface area contributed by atoms with Gasteiger partial charge < -0.3 is 0 Å². The maximum absolute atomic E-state index is 12.2. The van der Waals surface area contributed by atoms with Crippen molar-refractivity contribution in [2.24, 2.45) is 0 Å². The summed E-state index contributed by atoms with van der Waals surface area (Å²) in [6, 6.07) is 0. The molecule has 0 bridgehead atoms. The largest absolute Gasteiger partial charge is 0.437 e. The van der Waals surface area contributed by atoms with Crippen molar-refractivity contribution in [1.29, 1.82) is 0 Å². The SMILES string of the molecule is FC(F)(F)c1n[nH]c2nccnc12. The van der Waals surface area contributed by atoms with E-state index in [0.717, 1.165) is 0 Å². The van der Waals surface area contributed by atoms with Crippen molar-refractivity contribution in [2.75, 3.05) is 0 Å². The van der Waals surface area contributed by atoms with Gasteiger partial charge in [0.1, 0.15) is 5.52 Å². The first-order valence-electron chi connectivity index (χ1n) is 3.31. The first-order valence-corrected chi connectivity index (χ1v) is 3.31. The summed E-state index contributed by atoms with van der Waals surface area (Å²) >= 11 is 0. The number of aromatic amines is 1. The summed E-state index contributed by atoms with van der Waals surface area (Å²) in [7, 11) is 0. The summed E-state index contributed by atoms with van der Waals surface area (Å²) < 4.78 is 36.6. The van der Waals surface area contributed by atoms with Gasteiger partial charge in [0.2, 0.25) is 0 Å². The monoisotopic (exact) mass is 188 g/mol. The molecule has 68 valence electrons. The number of nitrogens with one attached hydrogen (secondary N) is 1. The van der Waals surface area contributed by atoms with Gasteiger partial charge in [-0.15, -0.1) is 0 Å². The Bertz CT molecular complexity index is 433. The molecule has 0 unspecified atom stereocenters. The minimum absolute atomic E-state index is 0.0369. The van der Waals surface area contributed by atoms with Crippen LogP contribution < -0.4 is 0 Å². The molecule has 7 heteroatoms. The molecule has 0 fully saturated rings. The molecule has 1 N–H and O–H groups in total. The average Bonchev–Trinajstić information content (AvgIpc) is 2.45. The topological polar surface area (TPSA) is 54.5 Å². The number of halogens is 3. The Hall–Kier alpha value is -1.66. The number of aromatic nitrogens is 4. The van der Waals surface area contributed by atoms with Gasteiger partial charge in [0, 0.05) is 12.4 Å². The summed E-state index contributed by atoms with van der Waals surface area (Å²) in [5.41, 5.74) is -1.25. The molecule has 2 aromatic rings. The lowest BCUT2D eigenvalue weighted by molar-refractivity contribution is -0.140. The molecule has 0 amide bonds. The van der Waals surface area contributed by atoms with Gasteiger partial charge in [-0.2, -0.15) is 18.3 Å². The van der Waals surface area contributed by atoms with Gasteiger partial charge in [0.25, 0.3) is 0 Å². The molecule has 0 spiro atoms. The fraction of sp³-hybridized carbons (Fsp3) is 0.167. The number of hydrogen-bond donors (Lipinski definition) is 1. The summed E-state index contributed by atoms with van der Waals surface area (Å²) in [6.45, 7) is 0. The van der Waals surface area contributed by atoms with Crippen molar-refractivity contribution in [3.05, 3.63) is 18.1 Å². The standard InChI is InChI=1S/C6H3F3N4/c7-6(8,9)4-3-5(13-12-4)11-2-1-10-3/h1-2H,(H,11,12,13). The van der Waals surface area contributed by atoms with Gasteiger partial charge in [-0.3, -0.25) is 5.10 Å². The van der Waals surface area contributed by atoms with Crippen molar-refractivity contribution in [1.82, 2.24) is 20.2 Å². The Morgan fingerprint density at radius 3 is 2.54 bits per heavy atom. The van der Waals surface area contributed by atoms with E-state index in [1.165, 1.54) is 12.4 Å². The number of H-pyrrole nitrogens is 1. The van der Waals surface area contributed by atoms with Gasteiger partial charge in [-0.05, 0) is 0 Å². The van der Waals surface area contributed by atoms with Crippen LogP contribution in [-0.4, -0.2) is 20.2 Å². The molecule has 0 aliphatic carbocycles. The highest BCUT2D eigenvalue weighted by molar-refractivity contribution is 5.72. The number of alkyl halides is 3. The quantitative estimate of drug-likeness (QED) is 0.679. The van der Waals surface area contributed by atoms with Crippen LogP contribution in [0, 0.1) is 0 Å². The van der Waals surface area contributed by atoms with E-state index in [1.54, 1.807) is 0 Å². The second-order valence-electron chi connectivity index (χ2n) is 2.32. The summed E-state index contributed by atoms with van der Waals surface area (Å²) in [5.74, 6) is 0. The number of fused-ring (bicyclic) bond motifs is 1. The third-order valence-corrected chi connectivity index (χ3v) is 1.46. The van der Waals surface area contributed by atoms with E-state index in [4.69, 9.17) is 0 Å². The predicted octanol–water partition coefficient (Wildman–Crippen LogP) is 1.37. The predicted molar refractivity (Wildman–Crippen MR) is 36.7 cm³/mol. The highest BCUT2D eigenvalue weighted by Crippen LogP contribution is 2.30. The Morgan fingerprint density at radius 2 is 1.85 bits per heavy atom. The van der Waals surface area contributed by atoms with Crippen LogP contribution in [0.4, 0.5) is 13.2 Å². The zero-order chi connectivity index (χ0) is 9.47. The van der Waals surface area contributed by atoms with Gasteiger partial charge in [0.15, 0.2) is 11.3 Å². The third kappa shape index (κ3) is 1.21. The van der Waals surface area contributed by atoms with E-state index >= 15 is 0 Å². The van der Waals surface area contributed by atoms with Crippen LogP contribution in [0.25, 0.3) is 11.2 Å². The van der Waals surface area contributed by atoms with Crippen LogP contribution in [-0.2, 0) is 6.18 Å². The van der Waals surface area contributed by atoms with Crippen molar-refractivity contribution in [2.45, 2.75) is 6.18 Å². The van der Waals surface area contributed by atoms with Crippen molar-refractivity contribution in [3.63, 3.8) is 0 Å². The lowest BCUT2D eigenvalue weighted by Gasteiger charge is -1.99. The van der Waals surface area contributed by atoms with Gasteiger partial charge in [-0.25, -0.2) is 9.97 Å². The Morgan fingerprint density at radius 1 is 1.15 bits per heavy atom. The molecule has 2 heterocycles. The van der Waals surface area contributed by atoms with Crippen LogP contribution in [0.3, 0.4) is 0 Å². The second-order valence-corrected chi connectivity index (χ2v) is 2.32. The zero-order valence-electron chi connectivity index (χ0n) is 6.13. The lowest BCUT2D eigenvalue weighted by atomic mass is 10.4. The molecule has 13 heavy (non-hydrogen) atoms. The number of nitrogens with zero attached hydrogens (tertiary/aromatic N) is 3. The lowest BCUT2D eigenvalue weighted by Crippen LogP contribution is -2.06. The molecule has 0 atom stereocenters. The number of rotatable bonds is 0. The molecule has 0 aromatic carbocycles. The molecule has 0 saturated heterocycles. The number of hydrogen-bond acceptors (Lipinski definition) is 3. The second kappa shape index (κ2) is 2.41. The smallest absolute Gasteiger partial charge is 0.259 e. The van der Waals surface area contributed by atoms with Crippen molar-refractivity contribution in [3.8, 4) is 0 Å². The Labute approximate surface area is 69.8 Å². The minimum atomic E-state index is -4.49. The fourth-order valence-electron chi connectivity index (χ4n) is 0.953. The molecule has 0 saturated carbocycles. The van der Waals surface area contributed by atoms with Crippen LogP contribution >= 0.6 is 0 Å². The van der Waals surface area contributed by atoms with E-state index < -0.39 is 11.9 Å². The zero-order valence-corrected chi connectivity index (χ0v) is 6.13. The van der Waals surface area contributed by atoms with Crippen LogP contribution in [0.5, 0.6) is 0 Å². The van der Waals surface area contributed by atoms with E-state index in [-0.39, 0.29) is 11.2 Å². The van der Waals surface area contributed by atoms with Gasteiger partial charge in [0.05, 0.1) is 0 Å². The molecule has 0 aliphatic heterocycles. The molecular formula is C6H3F3N4. The van der Waals surface area contributed by atoms with E-state index in [1.807, 2.05) is 0 Å². The van der Waals surface area contributed by atoms with Crippen molar-refractivity contribution < 1.29 is 13.2 Å². The van der Waals surface area contributed by atoms with E-state index in [0.29, 0.717) is 0 Å². The molecule has 0 radical (unpaired) electrons. The summed E-state index contributed by atoms with van der Waals surface area (Å²) in [5, 5.41) is 5.24. The molecule has 2 aromatic heterocycles. The molecule has 4 nitrogen and oxygen atoms in total. The maximum Gasteiger partial charge on any atom is 0.437 e. The first-order chi connectivity index (χ1) is 6.09. The van der Waals surface area contributed by atoms with E-state index in [2.05, 4.69) is 20.2 Å². The highest BCUT2D eigenvalue weighted by Gasteiger charge is 2.36. The summed E-state index contributed by atoms with van der Waals surface area (Å²) in [6.07, 6.45) is -2.01. The maximum atomic E-state index is 12.2. The fourth-order valence-corrected chi connectivity index (χ4v) is 0.953. The Balaban J connectivity index is 2.72. The van der Waals surface area contributed by atoms with Crippen LogP contribution in [0.15, 0.2) is 12.4 Å². The van der Waals surface area contributed by atoms with Crippen LogP contribution in [0.1, 0.15) is 5.69 Å². The first kappa shape index (κ1) is 7.96. The van der Waals surface area contributed by atoms with Crippen molar-refractivity contribution >= 4 is 11.2 Å². The minimum Gasteiger partial charge on any atom is -0.259 e. The summed E-state index contributed by atoms with van der Waals surface area (Å²) in [4.78, 5) is 7.17. The average molecular weight is 188 g/mol. The molecule has 0 aliphatic rings.